The van der Waals surface area contributed by atoms with Crippen molar-refractivity contribution in [3.63, 3.8) is 0 Å². The molecule has 0 unspecified atom stereocenters. The summed E-state index contributed by atoms with van der Waals surface area (Å²) in [5.74, 6) is 4.00. The molecule has 13 aromatic carbocycles. The van der Waals surface area contributed by atoms with Crippen LogP contribution in [0.4, 0.5) is 0 Å². The number of aromatic nitrogens is 1. The number of pyridine rings is 1. The second-order valence-corrected chi connectivity index (χ2v) is 51.3. The van der Waals surface area contributed by atoms with Gasteiger partial charge in [-0.25, -0.2) is 4.98 Å². The molecule has 0 spiro atoms. The van der Waals surface area contributed by atoms with Crippen LogP contribution in [0.5, 0.6) is 0 Å². The SMILES string of the molecule is Cc1ccc2[se]c(C)c(C)c2c1.Cc1ccc2[se]c(C)cc2c1.Cc1ccc2c(C)c(C)oc2c1.Cc1ccc2c(C)c(C)sc2c1.Cc1ccc2cc(C)[se]c2c1.Cc1ccc2cc(C)oc2c1.Cc1ccc2cc(C)sc2c1.Cc1ccc2cc3ccc(C)cc3nc2c1.Cc1ccc2oc(C)c(C)c2c1.Cc1ccc2oc(C)cc2c1.Cc1ccc2sc(C)c(C)c2c1.Cc1ccc2sc(C)cc2c1. The largest absolute Gasteiger partial charge is 0.461 e. The van der Waals surface area contributed by atoms with Gasteiger partial charge in [-0.3, -0.25) is 0 Å². The van der Waals surface area contributed by atoms with Crippen LogP contribution >= 0.6 is 45.3 Å². The number of hydrogen-bond donors (Lipinski definition) is 0. The average Bonchev–Trinajstić information content (AvgIpc) is 1.53. The quantitative estimate of drug-likeness (QED) is 0.112. The van der Waals surface area contributed by atoms with Crippen molar-refractivity contribution in [3.8, 4) is 0 Å². The molecule has 5 nitrogen and oxygen atoms in total. The average molecular weight is 2140 g/mol. The summed E-state index contributed by atoms with van der Waals surface area (Å²) in [5.41, 5.74) is 30.1. The summed E-state index contributed by atoms with van der Waals surface area (Å²) in [6.45, 7) is 61.7. The third-order valence-corrected chi connectivity index (χ3v) is 36.5. The van der Waals surface area contributed by atoms with Crippen molar-refractivity contribution in [1.29, 1.82) is 0 Å². The topological polar surface area (TPSA) is 65.5 Å². The van der Waals surface area contributed by atoms with E-state index in [2.05, 4.69) is 440 Å². The molecule has 12 heteroatoms. The van der Waals surface area contributed by atoms with Crippen molar-refractivity contribution in [2.75, 3.05) is 0 Å². The van der Waals surface area contributed by atoms with Crippen molar-refractivity contribution in [1.82, 2.24) is 4.98 Å². The fraction of sp³-hybridized carbons (Fsp3) is 0.223. The van der Waals surface area contributed by atoms with Crippen molar-refractivity contribution >= 4 is 224 Å². The van der Waals surface area contributed by atoms with E-state index in [0.717, 1.165) is 56.4 Å². The minimum absolute atomic E-state index is 0.604. The predicted molar refractivity (Wildman–Crippen MR) is 631 cm³/mol. The van der Waals surface area contributed by atoms with Crippen LogP contribution < -0.4 is 0 Å². The number of benzene rings is 13. The summed E-state index contributed by atoms with van der Waals surface area (Å²) in [4.78, 5) is 10.4. The Kier molecular flexibility index (Phi) is 35.6. The Labute approximate surface area is 874 Å². The number of fused-ring (bicyclic) bond motifs is 13. The maximum atomic E-state index is 5.58. The number of aryl methyl sites for hydroxylation is 29. The molecule has 25 aromatic rings. The first-order valence-electron chi connectivity index (χ1n) is 48.6. The van der Waals surface area contributed by atoms with E-state index in [1.165, 1.54) is 217 Å². The summed E-state index contributed by atoms with van der Waals surface area (Å²) in [6, 6.07) is 100. The molecule has 0 amide bonds. The van der Waals surface area contributed by atoms with E-state index in [0.29, 0.717) is 43.5 Å². The monoisotopic (exact) mass is 2140 g/mol. The summed E-state index contributed by atoms with van der Waals surface area (Å²) in [6.07, 6.45) is 0. The number of rotatable bonds is 0. The molecule has 25 rings (SSSR count). The van der Waals surface area contributed by atoms with Crippen molar-refractivity contribution < 1.29 is 17.7 Å². The van der Waals surface area contributed by atoms with E-state index in [9.17, 15) is 0 Å². The van der Waals surface area contributed by atoms with Gasteiger partial charge in [0.1, 0.15) is 45.4 Å². The zero-order chi connectivity index (χ0) is 102. The van der Waals surface area contributed by atoms with Gasteiger partial charge in [0.25, 0.3) is 0 Å². The molecule has 0 aliphatic rings. The van der Waals surface area contributed by atoms with Crippen molar-refractivity contribution in [3.05, 3.63) is 435 Å². The van der Waals surface area contributed by atoms with Gasteiger partial charge >= 0.3 is 223 Å². The Morgan fingerprint density at radius 1 is 0.197 bits per heavy atom. The molecule has 0 saturated carbocycles. The van der Waals surface area contributed by atoms with Crippen LogP contribution in [-0.2, 0) is 0 Å². The molecule has 0 fully saturated rings. The van der Waals surface area contributed by atoms with Gasteiger partial charge in [0, 0.05) is 70.6 Å². The van der Waals surface area contributed by atoms with Gasteiger partial charge in [0.15, 0.2) is 0 Å². The Morgan fingerprint density at radius 2 is 0.599 bits per heavy atom. The van der Waals surface area contributed by atoms with Crippen LogP contribution in [0.2, 0.25) is 0 Å². The maximum Gasteiger partial charge on any atom is 0.134 e. The Balaban J connectivity index is 0.000000123. The normalized spacial score (nSPS) is 10.9. The van der Waals surface area contributed by atoms with Gasteiger partial charge in [-0.15, -0.1) is 45.3 Å². The summed E-state index contributed by atoms with van der Waals surface area (Å²) in [5, 5.41) is 17.3. The van der Waals surface area contributed by atoms with E-state index in [-0.39, 0.29) is 0 Å². The molecule has 0 aliphatic heterocycles. The van der Waals surface area contributed by atoms with Gasteiger partial charge in [-0.2, -0.15) is 0 Å². The molecule has 0 saturated heterocycles. The van der Waals surface area contributed by atoms with Gasteiger partial charge in [0.2, 0.25) is 0 Å². The minimum atomic E-state index is 0.604. The first-order valence-corrected chi connectivity index (χ1v) is 57.0. The summed E-state index contributed by atoms with van der Waals surface area (Å²) >= 11 is 9.34. The van der Waals surface area contributed by atoms with Crippen LogP contribution in [0.3, 0.4) is 0 Å². The third-order valence-electron chi connectivity index (χ3n) is 25.4. The van der Waals surface area contributed by atoms with Crippen LogP contribution in [0.15, 0.2) is 297 Å². The molecule has 724 valence electrons. The molecular formula is C130H133NO4S4Se3. The number of nitrogens with zero attached hydrogens (tertiary/aromatic N) is 1. The minimum Gasteiger partial charge on any atom is -0.461 e. The first-order chi connectivity index (χ1) is 67.7. The molecule has 0 N–H and O–H groups in total. The standard InChI is InChI=1S/C15H13N.2C11H12O.2C11H12S.C11H12Se.2C10H10O.2C10H10S.2C10H10Se/c1-10-3-5-12-9-13-6-4-11(2)8-15(13)16-14(12)7-10;1-7-4-5-11-10(6-7)8(2)9(3)12-11;1-7-4-5-10-8(2)9(3)12-11(10)6-7;1-7-4-5-11-10(6-7)8(2)9(3)12-11;1-7-4-5-10-8(2)9(3)12-11(10)6-7;1-7-4-5-11-10(6-7)8(2)9(3)12-11;1-7-3-4-10-9(5-7)6-8(2)11-10;1-7-3-4-9-6-8(2)11-10(9)5-7;1-7-3-4-10-9(5-7)6-8(2)11-10;1-7-3-4-9-6-8(2)11-10(9)5-7;1-7-3-4-10-9(5-7)6-8(2)11-10;1-7-3-4-9-6-8(2)11-10(9)5-7/h3-9H,1-2H3;5*4-6H,1-3H3;6*3-6H,1-2H3. The van der Waals surface area contributed by atoms with E-state index in [1.54, 1.807) is 17.2 Å². The zero-order valence-corrected chi connectivity index (χ0v) is 96.4. The van der Waals surface area contributed by atoms with Gasteiger partial charge in [-0.1, -0.05) is 131 Å². The van der Waals surface area contributed by atoms with Crippen LogP contribution in [-0.4, -0.2) is 48.5 Å². The van der Waals surface area contributed by atoms with Crippen LogP contribution in [0.25, 0.3) is 135 Å². The molecule has 0 bridgehead atoms. The first kappa shape index (κ1) is 106. The molecule has 12 aromatic heterocycles. The van der Waals surface area contributed by atoms with Crippen LogP contribution in [0, 0.1) is 201 Å². The van der Waals surface area contributed by atoms with Gasteiger partial charge in [-0.05, 0) is 333 Å². The predicted octanol–water partition coefficient (Wildman–Crippen LogP) is 39.4. The molecule has 0 aliphatic carbocycles. The summed E-state index contributed by atoms with van der Waals surface area (Å²) in [7, 11) is 0. The van der Waals surface area contributed by atoms with E-state index in [1.807, 2.05) is 85.2 Å². The number of hydrogen-bond acceptors (Lipinski definition) is 9. The summed E-state index contributed by atoms with van der Waals surface area (Å²) < 4.78 is 37.0. The van der Waals surface area contributed by atoms with E-state index < -0.39 is 0 Å². The molecule has 0 radical (unpaired) electrons. The van der Waals surface area contributed by atoms with Crippen LogP contribution in [0.1, 0.15) is 156 Å². The maximum absolute atomic E-state index is 5.58. The fourth-order valence-corrected chi connectivity index (χ4v) is 27.4. The fourth-order valence-electron chi connectivity index (χ4n) is 17.0. The zero-order valence-electron chi connectivity index (χ0n) is 88.0. The molecule has 0 atom stereocenters. The third kappa shape index (κ3) is 27.8. The van der Waals surface area contributed by atoms with Gasteiger partial charge in [0.05, 0.1) is 11.0 Å². The Bertz CT molecular complexity index is 7800. The second-order valence-electron chi connectivity index (χ2n) is 38.2. The second kappa shape index (κ2) is 47.7. The van der Waals surface area contributed by atoms with Gasteiger partial charge < -0.3 is 17.7 Å². The Hall–Kier alpha value is -11.7. The van der Waals surface area contributed by atoms with Crippen molar-refractivity contribution in [2.45, 2.75) is 201 Å². The number of thiophene rings is 4. The molecule has 142 heavy (non-hydrogen) atoms. The van der Waals surface area contributed by atoms with E-state index >= 15 is 0 Å². The Morgan fingerprint density at radius 3 is 1.23 bits per heavy atom. The van der Waals surface area contributed by atoms with Crippen molar-refractivity contribution in [2.24, 2.45) is 0 Å². The smallest absolute Gasteiger partial charge is 0.134 e. The molecule has 12 heterocycles. The molecular weight excluding hydrogens is 2000 g/mol. The van der Waals surface area contributed by atoms with E-state index in [4.69, 9.17) is 22.7 Å². The number of furan rings is 4.